The molecule has 0 N–H and O–H groups in total. The second-order valence-electron chi connectivity index (χ2n) is 6.34. The fourth-order valence-corrected chi connectivity index (χ4v) is 2.90. The van der Waals surface area contributed by atoms with Crippen molar-refractivity contribution in [2.75, 3.05) is 0 Å². The molecular formula is C15H19BN2O2S. The largest absolute Gasteiger partial charge is 0.494 e. The van der Waals surface area contributed by atoms with Gasteiger partial charge in [0.25, 0.3) is 0 Å². The van der Waals surface area contributed by atoms with E-state index < -0.39 is 0 Å². The summed E-state index contributed by atoms with van der Waals surface area (Å²) in [5, 5.41) is 10.2. The van der Waals surface area contributed by atoms with Gasteiger partial charge in [0.1, 0.15) is 10.0 Å². The summed E-state index contributed by atoms with van der Waals surface area (Å²) < 4.78 is 12.2. The maximum absolute atomic E-state index is 6.09. The summed E-state index contributed by atoms with van der Waals surface area (Å²) in [4.78, 5) is 0. The van der Waals surface area contributed by atoms with Crippen LogP contribution in [-0.2, 0) is 9.31 Å². The number of benzene rings is 1. The van der Waals surface area contributed by atoms with Gasteiger partial charge in [-0.3, -0.25) is 0 Å². The van der Waals surface area contributed by atoms with Crippen LogP contribution in [0.15, 0.2) is 24.3 Å². The summed E-state index contributed by atoms with van der Waals surface area (Å²) in [5.41, 5.74) is 1.41. The van der Waals surface area contributed by atoms with Gasteiger partial charge < -0.3 is 9.31 Å². The van der Waals surface area contributed by atoms with Gasteiger partial charge in [0, 0.05) is 5.56 Å². The molecule has 1 aliphatic heterocycles. The highest BCUT2D eigenvalue weighted by Crippen LogP contribution is 2.36. The van der Waals surface area contributed by atoms with Crippen molar-refractivity contribution in [2.45, 2.75) is 45.8 Å². The van der Waals surface area contributed by atoms with Gasteiger partial charge in [-0.1, -0.05) is 35.6 Å². The lowest BCUT2D eigenvalue weighted by molar-refractivity contribution is 0.00578. The summed E-state index contributed by atoms with van der Waals surface area (Å²) in [6, 6.07) is 8.14. The van der Waals surface area contributed by atoms with Crippen LogP contribution in [0.25, 0.3) is 10.6 Å². The minimum absolute atomic E-state index is 0.326. The second kappa shape index (κ2) is 4.90. The fourth-order valence-electron chi connectivity index (χ4n) is 2.21. The van der Waals surface area contributed by atoms with Gasteiger partial charge >= 0.3 is 7.12 Å². The highest BCUT2D eigenvalue weighted by atomic mass is 32.1. The Kier molecular flexibility index (Phi) is 3.43. The number of hydrogen-bond donors (Lipinski definition) is 0. The smallest absolute Gasteiger partial charge is 0.399 e. The molecule has 0 saturated carbocycles. The standard InChI is InChI=1S/C15H19BN2O2S/c1-10-17-18-13(21-10)11-7-6-8-12(9-11)16-19-14(2,3)15(4,5)20-16/h6-9H,1-5H3. The summed E-state index contributed by atoms with van der Waals surface area (Å²) >= 11 is 1.59. The molecule has 4 nitrogen and oxygen atoms in total. The van der Waals surface area contributed by atoms with Crippen LogP contribution < -0.4 is 5.46 Å². The average molecular weight is 302 g/mol. The predicted molar refractivity (Wildman–Crippen MR) is 85.8 cm³/mol. The molecule has 2 aromatic rings. The van der Waals surface area contributed by atoms with Crippen LogP contribution in [0.3, 0.4) is 0 Å². The molecule has 1 fully saturated rings. The Morgan fingerprint density at radius 3 is 2.29 bits per heavy atom. The third-order valence-electron chi connectivity index (χ3n) is 4.19. The lowest BCUT2D eigenvalue weighted by atomic mass is 9.78. The molecule has 0 atom stereocenters. The molecule has 1 aromatic heterocycles. The zero-order valence-corrected chi connectivity index (χ0v) is 13.8. The molecule has 0 radical (unpaired) electrons. The Morgan fingerprint density at radius 2 is 1.71 bits per heavy atom. The Bertz CT molecular complexity index is 653. The van der Waals surface area contributed by atoms with Gasteiger partial charge in [-0.25, -0.2) is 0 Å². The van der Waals surface area contributed by atoms with Crippen molar-refractivity contribution in [2.24, 2.45) is 0 Å². The van der Waals surface area contributed by atoms with Crippen LogP contribution in [0.5, 0.6) is 0 Å². The molecule has 6 heteroatoms. The Morgan fingerprint density at radius 1 is 1.05 bits per heavy atom. The van der Waals surface area contributed by atoms with Gasteiger partial charge in [-0.15, -0.1) is 10.2 Å². The molecule has 1 aliphatic rings. The van der Waals surface area contributed by atoms with Gasteiger partial charge in [-0.05, 0) is 40.1 Å². The van der Waals surface area contributed by atoms with Crippen LogP contribution in [0.4, 0.5) is 0 Å². The minimum Gasteiger partial charge on any atom is -0.399 e. The zero-order valence-electron chi connectivity index (χ0n) is 13.0. The van der Waals surface area contributed by atoms with E-state index >= 15 is 0 Å². The number of aromatic nitrogens is 2. The van der Waals surface area contributed by atoms with E-state index in [1.807, 2.05) is 25.1 Å². The third kappa shape index (κ3) is 2.63. The SMILES string of the molecule is Cc1nnc(-c2cccc(B3OC(C)(C)C(C)(C)O3)c2)s1. The first-order valence-corrected chi connectivity index (χ1v) is 7.86. The quantitative estimate of drug-likeness (QED) is 0.800. The zero-order chi connectivity index (χ0) is 15.3. The van der Waals surface area contributed by atoms with Crippen molar-refractivity contribution < 1.29 is 9.31 Å². The Hall–Kier alpha value is -1.24. The van der Waals surface area contributed by atoms with Crippen molar-refractivity contribution in [3.63, 3.8) is 0 Å². The first kappa shape index (κ1) is 14.7. The monoisotopic (exact) mass is 302 g/mol. The fraction of sp³-hybridized carbons (Fsp3) is 0.467. The first-order chi connectivity index (χ1) is 9.78. The van der Waals surface area contributed by atoms with Gasteiger partial charge in [-0.2, -0.15) is 0 Å². The van der Waals surface area contributed by atoms with Crippen molar-refractivity contribution in [3.8, 4) is 10.6 Å². The molecule has 0 bridgehead atoms. The van der Waals surface area contributed by atoms with Gasteiger partial charge in [0.05, 0.1) is 11.2 Å². The van der Waals surface area contributed by atoms with Gasteiger partial charge in [0.2, 0.25) is 0 Å². The normalized spacial score (nSPS) is 20.0. The van der Waals surface area contributed by atoms with Crippen molar-refractivity contribution in [1.82, 2.24) is 10.2 Å². The number of aryl methyl sites for hydroxylation is 1. The van der Waals surface area contributed by atoms with E-state index in [-0.39, 0.29) is 18.3 Å². The highest BCUT2D eigenvalue weighted by Gasteiger charge is 2.51. The molecule has 1 saturated heterocycles. The van der Waals surface area contributed by atoms with Crippen LogP contribution in [0.2, 0.25) is 0 Å². The van der Waals surface area contributed by atoms with E-state index in [1.165, 1.54) is 0 Å². The summed E-state index contributed by atoms with van der Waals surface area (Å²) in [6.07, 6.45) is 0. The van der Waals surface area contributed by atoms with E-state index in [0.29, 0.717) is 0 Å². The van der Waals surface area contributed by atoms with Crippen LogP contribution >= 0.6 is 11.3 Å². The lowest BCUT2D eigenvalue weighted by Crippen LogP contribution is -2.41. The molecule has 1 aromatic carbocycles. The topological polar surface area (TPSA) is 44.2 Å². The maximum Gasteiger partial charge on any atom is 0.494 e. The second-order valence-corrected chi connectivity index (χ2v) is 7.52. The van der Waals surface area contributed by atoms with E-state index in [9.17, 15) is 0 Å². The molecule has 0 unspecified atom stereocenters. The third-order valence-corrected chi connectivity index (χ3v) is 5.07. The van der Waals surface area contributed by atoms with Crippen LogP contribution in [-0.4, -0.2) is 28.5 Å². The molecule has 2 heterocycles. The molecule has 21 heavy (non-hydrogen) atoms. The summed E-state index contributed by atoms with van der Waals surface area (Å²) in [6.45, 7) is 10.2. The number of hydrogen-bond acceptors (Lipinski definition) is 5. The molecular weight excluding hydrogens is 283 g/mol. The van der Waals surface area contributed by atoms with Crippen molar-refractivity contribution in [3.05, 3.63) is 29.3 Å². The summed E-state index contributed by atoms with van der Waals surface area (Å²) in [5.74, 6) is 0. The first-order valence-electron chi connectivity index (χ1n) is 7.05. The van der Waals surface area contributed by atoms with Crippen molar-refractivity contribution in [1.29, 1.82) is 0 Å². The average Bonchev–Trinajstić information content (AvgIpc) is 2.92. The van der Waals surface area contributed by atoms with Gasteiger partial charge in [0.15, 0.2) is 0 Å². The Labute approximate surface area is 129 Å². The van der Waals surface area contributed by atoms with Crippen molar-refractivity contribution >= 4 is 23.9 Å². The Balaban J connectivity index is 1.91. The lowest BCUT2D eigenvalue weighted by Gasteiger charge is -2.32. The predicted octanol–water partition coefficient (Wildman–Crippen LogP) is 2.81. The maximum atomic E-state index is 6.09. The van der Waals surface area contributed by atoms with E-state index in [4.69, 9.17) is 9.31 Å². The van der Waals surface area contributed by atoms with E-state index in [2.05, 4.69) is 44.0 Å². The molecule has 0 aliphatic carbocycles. The van der Waals surface area contributed by atoms with E-state index in [1.54, 1.807) is 11.3 Å². The molecule has 110 valence electrons. The highest BCUT2D eigenvalue weighted by molar-refractivity contribution is 7.14. The number of nitrogens with zero attached hydrogens (tertiary/aromatic N) is 2. The summed E-state index contributed by atoms with van der Waals surface area (Å²) in [7, 11) is -0.344. The minimum atomic E-state index is -0.344. The van der Waals surface area contributed by atoms with Crippen LogP contribution in [0.1, 0.15) is 32.7 Å². The molecule has 0 amide bonds. The molecule has 0 spiro atoms. The van der Waals surface area contributed by atoms with E-state index in [0.717, 1.165) is 21.0 Å². The molecule has 3 rings (SSSR count). The number of rotatable bonds is 2. The van der Waals surface area contributed by atoms with Crippen LogP contribution in [0, 0.1) is 6.92 Å².